The van der Waals surface area contributed by atoms with Crippen LogP contribution in [-0.2, 0) is 9.53 Å². The number of likely N-dealkylation sites (tertiary alicyclic amines) is 1. The number of hydrogen-bond acceptors (Lipinski definition) is 4. The molecular formula is C15H29N3O3. The first-order valence-electron chi connectivity index (χ1n) is 7.96. The molecule has 6 heteroatoms. The molecule has 0 aromatic carbocycles. The fraction of sp³-hybridized carbons (Fsp3) is 0.867. The molecule has 0 aromatic heterocycles. The molecule has 1 heterocycles. The van der Waals surface area contributed by atoms with Gasteiger partial charge in [0.25, 0.3) is 0 Å². The summed E-state index contributed by atoms with van der Waals surface area (Å²) in [6.07, 6.45) is 4.57. The molecule has 1 saturated heterocycles. The number of carbonyl (C=O) groups is 2. The molecule has 3 amide bonds. The van der Waals surface area contributed by atoms with Crippen molar-refractivity contribution in [2.45, 2.75) is 58.6 Å². The predicted molar refractivity (Wildman–Crippen MR) is 82.1 cm³/mol. The summed E-state index contributed by atoms with van der Waals surface area (Å²) in [5, 5.41) is 4.92. The van der Waals surface area contributed by atoms with Crippen LogP contribution in [0.15, 0.2) is 0 Å². The molecule has 0 bridgehead atoms. The maximum absolute atomic E-state index is 11.9. The van der Waals surface area contributed by atoms with Crippen molar-refractivity contribution in [2.75, 3.05) is 26.2 Å². The molecule has 0 unspecified atom stereocenters. The van der Waals surface area contributed by atoms with E-state index in [1.54, 1.807) is 0 Å². The summed E-state index contributed by atoms with van der Waals surface area (Å²) >= 11 is 0. The van der Waals surface area contributed by atoms with Crippen LogP contribution >= 0.6 is 0 Å². The van der Waals surface area contributed by atoms with Crippen molar-refractivity contribution in [1.82, 2.24) is 15.5 Å². The maximum atomic E-state index is 11.9. The van der Waals surface area contributed by atoms with E-state index in [-0.39, 0.29) is 18.6 Å². The van der Waals surface area contributed by atoms with Crippen molar-refractivity contribution < 1.29 is 14.3 Å². The Bertz CT molecular complexity index is 334. The van der Waals surface area contributed by atoms with Crippen LogP contribution in [0.1, 0.15) is 46.5 Å². The highest BCUT2D eigenvalue weighted by Gasteiger charge is 2.24. The molecule has 1 atom stereocenters. The van der Waals surface area contributed by atoms with Gasteiger partial charge in [0.1, 0.15) is 0 Å². The van der Waals surface area contributed by atoms with Crippen molar-refractivity contribution in [2.24, 2.45) is 0 Å². The number of nitrogens with one attached hydrogen (secondary N) is 2. The monoisotopic (exact) mass is 299 g/mol. The average Bonchev–Trinajstić information content (AvgIpc) is 2.40. The molecule has 21 heavy (non-hydrogen) atoms. The van der Waals surface area contributed by atoms with Gasteiger partial charge < -0.3 is 10.1 Å². The Labute approximate surface area is 127 Å². The number of ether oxygens (including phenoxy) is 1. The van der Waals surface area contributed by atoms with Crippen molar-refractivity contribution in [3.8, 4) is 0 Å². The molecule has 0 aliphatic carbocycles. The van der Waals surface area contributed by atoms with Gasteiger partial charge in [-0.25, -0.2) is 4.79 Å². The fourth-order valence-corrected chi connectivity index (χ4v) is 2.59. The van der Waals surface area contributed by atoms with E-state index in [2.05, 4.69) is 15.5 Å². The lowest BCUT2D eigenvalue weighted by Gasteiger charge is -2.35. The normalized spacial score (nSPS) is 19.5. The Kier molecular flexibility index (Phi) is 8.30. The predicted octanol–water partition coefficient (Wildman–Crippen LogP) is 1.50. The molecule has 0 spiro atoms. The van der Waals surface area contributed by atoms with Crippen molar-refractivity contribution >= 4 is 11.9 Å². The van der Waals surface area contributed by atoms with Crippen LogP contribution in [0, 0.1) is 0 Å². The van der Waals surface area contributed by atoms with Gasteiger partial charge in [-0.1, -0.05) is 6.42 Å². The number of imide groups is 1. The molecule has 1 aliphatic heterocycles. The van der Waals surface area contributed by atoms with E-state index >= 15 is 0 Å². The Morgan fingerprint density at radius 2 is 2.10 bits per heavy atom. The molecule has 122 valence electrons. The maximum Gasteiger partial charge on any atom is 0.321 e. The molecule has 1 aliphatic rings. The van der Waals surface area contributed by atoms with Crippen LogP contribution < -0.4 is 10.6 Å². The van der Waals surface area contributed by atoms with Gasteiger partial charge in [-0.05, 0) is 46.6 Å². The van der Waals surface area contributed by atoms with Gasteiger partial charge in [0.15, 0.2) is 0 Å². The minimum absolute atomic E-state index is 0.238. The third-order valence-corrected chi connectivity index (χ3v) is 3.59. The van der Waals surface area contributed by atoms with Gasteiger partial charge in [-0.3, -0.25) is 15.0 Å². The van der Waals surface area contributed by atoms with Gasteiger partial charge in [0, 0.05) is 19.2 Å². The molecule has 1 rings (SSSR count). The Balaban J connectivity index is 2.38. The first-order chi connectivity index (χ1) is 10.0. The number of hydrogen-bond donors (Lipinski definition) is 2. The molecule has 2 N–H and O–H groups in total. The highest BCUT2D eigenvalue weighted by Crippen LogP contribution is 2.19. The van der Waals surface area contributed by atoms with Gasteiger partial charge in [0.05, 0.1) is 12.6 Å². The summed E-state index contributed by atoms with van der Waals surface area (Å²) in [7, 11) is 0. The zero-order valence-electron chi connectivity index (χ0n) is 13.5. The smallest absolute Gasteiger partial charge is 0.321 e. The van der Waals surface area contributed by atoms with Crippen molar-refractivity contribution in [1.29, 1.82) is 0 Å². The van der Waals surface area contributed by atoms with E-state index in [1.165, 1.54) is 6.42 Å². The highest BCUT2D eigenvalue weighted by molar-refractivity contribution is 5.95. The summed E-state index contributed by atoms with van der Waals surface area (Å²) in [6.45, 7) is 8.30. The van der Waals surface area contributed by atoms with Crippen LogP contribution in [0.2, 0.25) is 0 Å². The van der Waals surface area contributed by atoms with Gasteiger partial charge in [-0.15, -0.1) is 0 Å². The van der Waals surface area contributed by atoms with E-state index in [1.807, 2.05) is 20.8 Å². The second kappa shape index (κ2) is 9.73. The lowest BCUT2D eigenvalue weighted by molar-refractivity contribution is -0.122. The Morgan fingerprint density at radius 3 is 2.76 bits per heavy atom. The second-order valence-electron chi connectivity index (χ2n) is 5.74. The zero-order chi connectivity index (χ0) is 15.7. The standard InChI is InChI=1S/C15H29N3O3/c1-4-16-15(20)17-14(19)11-18-9-6-5-7-13(18)8-10-21-12(2)3/h12-13H,4-11H2,1-3H3,(H2,16,17,19,20)/t13-/m1/s1. The second-order valence-corrected chi connectivity index (χ2v) is 5.74. The average molecular weight is 299 g/mol. The number of rotatable bonds is 7. The lowest BCUT2D eigenvalue weighted by atomic mass is 9.99. The minimum Gasteiger partial charge on any atom is -0.379 e. The van der Waals surface area contributed by atoms with Crippen LogP contribution in [-0.4, -0.2) is 55.2 Å². The molecular weight excluding hydrogens is 270 g/mol. The number of amides is 3. The van der Waals surface area contributed by atoms with E-state index in [9.17, 15) is 9.59 Å². The molecule has 1 fully saturated rings. The number of nitrogens with zero attached hydrogens (tertiary/aromatic N) is 1. The number of urea groups is 1. The largest absolute Gasteiger partial charge is 0.379 e. The van der Waals surface area contributed by atoms with Crippen LogP contribution in [0.5, 0.6) is 0 Å². The summed E-state index contributed by atoms with van der Waals surface area (Å²) in [5.74, 6) is -0.238. The minimum atomic E-state index is -0.417. The van der Waals surface area contributed by atoms with Crippen LogP contribution in [0.3, 0.4) is 0 Å². The Hall–Kier alpha value is -1.14. The van der Waals surface area contributed by atoms with E-state index in [0.29, 0.717) is 12.6 Å². The van der Waals surface area contributed by atoms with Gasteiger partial charge in [-0.2, -0.15) is 0 Å². The van der Waals surface area contributed by atoms with E-state index in [4.69, 9.17) is 4.74 Å². The van der Waals surface area contributed by atoms with Crippen molar-refractivity contribution in [3.05, 3.63) is 0 Å². The molecule has 6 nitrogen and oxygen atoms in total. The summed E-state index contributed by atoms with van der Waals surface area (Å²) in [4.78, 5) is 25.4. The van der Waals surface area contributed by atoms with Gasteiger partial charge in [0.2, 0.25) is 5.91 Å². The van der Waals surface area contributed by atoms with Crippen LogP contribution in [0.4, 0.5) is 4.79 Å². The number of carbonyl (C=O) groups excluding carboxylic acids is 2. The topological polar surface area (TPSA) is 70.7 Å². The quantitative estimate of drug-likeness (QED) is 0.747. The highest BCUT2D eigenvalue weighted by atomic mass is 16.5. The SMILES string of the molecule is CCNC(=O)NC(=O)CN1CCCC[C@@H]1CCOC(C)C. The van der Waals surface area contributed by atoms with E-state index in [0.717, 1.165) is 32.4 Å². The Morgan fingerprint density at radius 1 is 1.33 bits per heavy atom. The third kappa shape index (κ3) is 7.43. The lowest BCUT2D eigenvalue weighted by Crippen LogP contribution is -2.48. The first kappa shape index (κ1) is 17.9. The van der Waals surface area contributed by atoms with Crippen LogP contribution in [0.25, 0.3) is 0 Å². The summed E-state index contributed by atoms with van der Waals surface area (Å²) < 4.78 is 5.60. The molecule has 0 aromatic rings. The van der Waals surface area contributed by atoms with Crippen molar-refractivity contribution in [3.63, 3.8) is 0 Å². The first-order valence-corrected chi connectivity index (χ1v) is 7.96. The number of piperidine rings is 1. The molecule has 0 saturated carbocycles. The summed E-state index contributed by atoms with van der Waals surface area (Å²) in [5.41, 5.74) is 0. The third-order valence-electron chi connectivity index (χ3n) is 3.59. The molecule has 0 radical (unpaired) electrons. The van der Waals surface area contributed by atoms with Gasteiger partial charge >= 0.3 is 6.03 Å². The fourth-order valence-electron chi connectivity index (χ4n) is 2.59. The van der Waals surface area contributed by atoms with E-state index < -0.39 is 6.03 Å². The summed E-state index contributed by atoms with van der Waals surface area (Å²) in [6, 6.07) is -0.0447. The zero-order valence-corrected chi connectivity index (χ0v) is 13.5.